The predicted octanol–water partition coefficient (Wildman–Crippen LogP) is 3.26. The second-order valence-electron chi connectivity index (χ2n) is 7.30. The SMILES string of the molecule is CCOCCCNC(=NCc1ccc(OC)cc1)NCC(Cc1ccc(F)cc1)C(N)=O.I. The normalized spacial score (nSPS) is 11.9. The first kappa shape index (κ1) is 28.6. The monoisotopic (exact) mass is 572 g/mol. The topological polar surface area (TPSA) is 98.0 Å². The zero-order valence-corrected chi connectivity index (χ0v) is 21.5. The number of guanidine groups is 1. The van der Waals surface area contributed by atoms with Crippen molar-refractivity contribution in [3.8, 4) is 5.75 Å². The predicted molar refractivity (Wildman–Crippen MR) is 139 cm³/mol. The number of hydrogen-bond donors (Lipinski definition) is 3. The average Bonchev–Trinajstić information content (AvgIpc) is 2.80. The van der Waals surface area contributed by atoms with Crippen molar-refractivity contribution in [2.45, 2.75) is 26.3 Å². The average molecular weight is 572 g/mol. The molecular weight excluding hydrogens is 538 g/mol. The van der Waals surface area contributed by atoms with Crippen LogP contribution in [0.5, 0.6) is 5.75 Å². The number of hydrogen-bond acceptors (Lipinski definition) is 4. The lowest BCUT2D eigenvalue weighted by molar-refractivity contribution is -0.121. The molecule has 2 aromatic carbocycles. The molecule has 0 spiro atoms. The van der Waals surface area contributed by atoms with Gasteiger partial charge in [-0.15, -0.1) is 24.0 Å². The maximum atomic E-state index is 13.2. The molecule has 0 aliphatic carbocycles. The maximum absolute atomic E-state index is 13.2. The number of carbonyl (C=O) groups is 1. The molecule has 2 aromatic rings. The van der Waals surface area contributed by atoms with Crippen molar-refractivity contribution in [2.24, 2.45) is 16.6 Å². The van der Waals surface area contributed by atoms with Crippen LogP contribution in [-0.2, 0) is 22.5 Å². The van der Waals surface area contributed by atoms with Crippen LogP contribution in [0.15, 0.2) is 53.5 Å². The van der Waals surface area contributed by atoms with E-state index in [9.17, 15) is 9.18 Å². The van der Waals surface area contributed by atoms with Crippen molar-refractivity contribution >= 4 is 35.8 Å². The van der Waals surface area contributed by atoms with Gasteiger partial charge in [0, 0.05) is 26.3 Å². The molecule has 0 saturated carbocycles. The molecule has 4 N–H and O–H groups in total. The van der Waals surface area contributed by atoms with Gasteiger partial charge in [0.15, 0.2) is 5.96 Å². The highest BCUT2D eigenvalue weighted by atomic mass is 127. The summed E-state index contributed by atoms with van der Waals surface area (Å²) in [4.78, 5) is 16.6. The van der Waals surface area contributed by atoms with Crippen LogP contribution in [0.4, 0.5) is 4.39 Å². The summed E-state index contributed by atoms with van der Waals surface area (Å²) in [7, 11) is 1.63. The van der Waals surface area contributed by atoms with Crippen LogP contribution in [0.1, 0.15) is 24.5 Å². The summed E-state index contributed by atoms with van der Waals surface area (Å²) in [5.74, 6) is 0.175. The van der Waals surface area contributed by atoms with E-state index in [0.717, 1.165) is 23.3 Å². The van der Waals surface area contributed by atoms with Gasteiger partial charge in [-0.2, -0.15) is 0 Å². The molecule has 0 heterocycles. The van der Waals surface area contributed by atoms with E-state index < -0.39 is 11.8 Å². The Kier molecular flexibility index (Phi) is 14.1. The Hall–Kier alpha value is -2.40. The molecule has 0 saturated heterocycles. The molecule has 0 aliphatic heterocycles. The molecular formula is C24H34FIN4O3. The number of primary amides is 1. The van der Waals surface area contributed by atoms with Crippen molar-refractivity contribution < 1.29 is 18.7 Å². The Morgan fingerprint density at radius 2 is 1.76 bits per heavy atom. The number of nitrogens with two attached hydrogens (primary N) is 1. The number of nitrogens with zero attached hydrogens (tertiary/aromatic N) is 1. The van der Waals surface area contributed by atoms with Crippen LogP contribution in [0.3, 0.4) is 0 Å². The van der Waals surface area contributed by atoms with E-state index in [4.69, 9.17) is 15.2 Å². The third-order valence-corrected chi connectivity index (χ3v) is 4.85. The molecule has 1 atom stereocenters. The van der Waals surface area contributed by atoms with E-state index in [-0.39, 0.29) is 29.8 Å². The van der Waals surface area contributed by atoms with Crippen LogP contribution < -0.4 is 21.1 Å². The van der Waals surface area contributed by atoms with E-state index >= 15 is 0 Å². The fourth-order valence-corrected chi connectivity index (χ4v) is 3.00. The van der Waals surface area contributed by atoms with Gasteiger partial charge in [0.25, 0.3) is 0 Å². The lowest BCUT2D eigenvalue weighted by Crippen LogP contribution is -2.43. The van der Waals surface area contributed by atoms with Crippen LogP contribution in [0, 0.1) is 11.7 Å². The van der Waals surface area contributed by atoms with E-state index in [1.807, 2.05) is 31.2 Å². The number of aliphatic imine (C=N–C) groups is 1. The molecule has 182 valence electrons. The fourth-order valence-electron chi connectivity index (χ4n) is 3.00. The van der Waals surface area contributed by atoms with Gasteiger partial charge in [-0.25, -0.2) is 9.38 Å². The molecule has 9 heteroatoms. The van der Waals surface area contributed by atoms with Gasteiger partial charge in [0.05, 0.1) is 19.6 Å². The number of methoxy groups -OCH3 is 1. The Morgan fingerprint density at radius 3 is 2.36 bits per heavy atom. The number of amides is 1. The molecule has 7 nitrogen and oxygen atoms in total. The Labute approximate surface area is 212 Å². The van der Waals surface area contributed by atoms with Crippen molar-refractivity contribution in [3.63, 3.8) is 0 Å². The van der Waals surface area contributed by atoms with Crippen molar-refractivity contribution in [3.05, 3.63) is 65.5 Å². The molecule has 0 aromatic heterocycles. The smallest absolute Gasteiger partial charge is 0.222 e. The largest absolute Gasteiger partial charge is 0.497 e. The quantitative estimate of drug-likeness (QED) is 0.148. The fraction of sp³-hybridized carbons (Fsp3) is 0.417. The van der Waals surface area contributed by atoms with Gasteiger partial charge >= 0.3 is 0 Å². The van der Waals surface area contributed by atoms with Gasteiger partial charge in [-0.05, 0) is 55.2 Å². The lowest BCUT2D eigenvalue weighted by atomic mass is 9.98. The summed E-state index contributed by atoms with van der Waals surface area (Å²) in [5, 5.41) is 6.48. The third-order valence-electron chi connectivity index (χ3n) is 4.85. The molecule has 0 radical (unpaired) electrons. The first-order valence-corrected chi connectivity index (χ1v) is 10.8. The summed E-state index contributed by atoms with van der Waals surface area (Å²) in [6.07, 6.45) is 1.24. The molecule has 0 fully saturated rings. The summed E-state index contributed by atoms with van der Waals surface area (Å²) in [6.45, 7) is 4.75. The number of carbonyl (C=O) groups excluding carboxylic acids is 1. The molecule has 33 heavy (non-hydrogen) atoms. The van der Waals surface area contributed by atoms with Crippen molar-refractivity contribution in [1.29, 1.82) is 0 Å². The highest BCUT2D eigenvalue weighted by Crippen LogP contribution is 2.12. The molecule has 1 amide bonds. The Bertz CT molecular complexity index is 848. The van der Waals surface area contributed by atoms with Crippen LogP contribution in [0.2, 0.25) is 0 Å². The van der Waals surface area contributed by atoms with E-state index in [1.54, 1.807) is 19.2 Å². The molecule has 0 aliphatic rings. The van der Waals surface area contributed by atoms with Gasteiger partial charge in [0.1, 0.15) is 11.6 Å². The zero-order valence-electron chi connectivity index (χ0n) is 19.2. The maximum Gasteiger partial charge on any atom is 0.222 e. The first-order chi connectivity index (χ1) is 15.5. The van der Waals surface area contributed by atoms with Crippen LogP contribution >= 0.6 is 24.0 Å². The lowest BCUT2D eigenvalue weighted by Gasteiger charge is -2.18. The van der Waals surface area contributed by atoms with Crippen molar-refractivity contribution in [2.75, 3.05) is 33.4 Å². The Balaban J connectivity index is 0.00000544. The molecule has 2 rings (SSSR count). The number of nitrogens with one attached hydrogen (secondary N) is 2. The molecule has 1 unspecified atom stereocenters. The number of benzene rings is 2. The van der Waals surface area contributed by atoms with E-state index in [2.05, 4.69) is 15.6 Å². The van der Waals surface area contributed by atoms with E-state index in [1.165, 1.54) is 12.1 Å². The third kappa shape index (κ3) is 11.3. The summed E-state index contributed by atoms with van der Waals surface area (Å²) >= 11 is 0. The van der Waals surface area contributed by atoms with Crippen molar-refractivity contribution in [1.82, 2.24) is 10.6 Å². The minimum atomic E-state index is -0.461. The minimum absolute atomic E-state index is 0. The van der Waals surface area contributed by atoms with Crippen LogP contribution in [-0.4, -0.2) is 45.3 Å². The summed E-state index contributed by atoms with van der Waals surface area (Å²) in [6, 6.07) is 13.8. The number of rotatable bonds is 13. The van der Waals surface area contributed by atoms with E-state index in [0.29, 0.717) is 45.2 Å². The van der Waals surface area contributed by atoms with Crippen LogP contribution in [0.25, 0.3) is 0 Å². The number of halogens is 2. The Morgan fingerprint density at radius 1 is 1.09 bits per heavy atom. The van der Waals surface area contributed by atoms with Gasteiger partial charge in [0.2, 0.25) is 5.91 Å². The summed E-state index contributed by atoms with van der Waals surface area (Å²) in [5.41, 5.74) is 7.48. The minimum Gasteiger partial charge on any atom is -0.497 e. The van der Waals surface area contributed by atoms with Gasteiger partial charge in [-0.1, -0.05) is 24.3 Å². The highest BCUT2D eigenvalue weighted by molar-refractivity contribution is 14.0. The zero-order chi connectivity index (χ0) is 23.2. The van der Waals surface area contributed by atoms with Gasteiger partial charge < -0.3 is 25.8 Å². The first-order valence-electron chi connectivity index (χ1n) is 10.8. The highest BCUT2D eigenvalue weighted by Gasteiger charge is 2.17. The molecule has 0 bridgehead atoms. The number of ether oxygens (including phenoxy) is 2. The second kappa shape index (κ2) is 16.2. The standard InChI is InChI=1S/C24H33FN4O3.HI/c1-3-32-14-4-13-27-24(28-16-19-7-11-22(31-2)12-8-19)29-17-20(23(26)30)15-18-5-9-21(25)10-6-18;/h5-12,20H,3-4,13-17H2,1-2H3,(H2,26,30)(H2,27,28,29);1H. The summed E-state index contributed by atoms with van der Waals surface area (Å²) < 4.78 is 23.7. The van der Waals surface area contributed by atoms with Gasteiger partial charge in [-0.3, -0.25) is 4.79 Å². The second-order valence-corrected chi connectivity index (χ2v) is 7.30.